The second-order valence-electron chi connectivity index (χ2n) is 8.45. The summed E-state index contributed by atoms with van der Waals surface area (Å²) in [4.78, 5) is 24.9. The average molecular weight is 465 g/mol. The molecule has 6 heteroatoms. The molecule has 0 fully saturated rings. The lowest BCUT2D eigenvalue weighted by molar-refractivity contribution is 0.0693. The van der Waals surface area contributed by atoms with Gasteiger partial charge in [0.1, 0.15) is 11.3 Å². The topological polar surface area (TPSA) is 91.6 Å². The second kappa shape index (κ2) is 8.99. The molecular formula is C29H24N2O4. The van der Waals surface area contributed by atoms with Gasteiger partial charge in [-0.1, -0.05) is 60.7 Å². The Labute approximate surface area is 202 Å². The van der Waals surface area contributed by atoms with Crippen LogP contribution < -0.4 is 5.32 Å². The van der Waals surface area contributed by atoms with Crippen molar-refractivity contribution in [3.8, 4) is 5.75 Å². The molecule has 0 atom stereocenters. The van der Waals surface area contributed by atoms with E-state index in [1.165, 1.54) is 12.1 Å². The van der Waals surface area contributed by atoms with Gasteiger partial charge in [0.2, 0.25) is 0 Å². The highest BCUT2D eigenvalue weighted by Gasteiger charge is 2.22. The third-order valence-corrected chi connectivity index (χ3v) is 6.38. The number of hydrogen-bond donors (Lipinski definition) is 3. The van der Waals surface area contributed by atoms with Gasteiger partial charge in [0, 0.05) is 47.0 Å². The van der Waals surface area contributed by atoms with Gasteiger partial charge in [0.25, 0.3) is 0 Å². The van der Waals surface area contributed by atoms with Crippen LogP contribution >= 0.6 is 0 Å². The number of phenols is 1. The van der Waals surface area contributed by atoms with E-state index in [0.29, 0.717) is 29.9 Å². The number of rotatable bonds is 7. The number of nitrogens with zero attached hydrogens (tertiary/aromatic N) is 1. The molecule has 1 heterocycles. The van der Waals surface area contributed by atoms with E-state index in [4.69, 9.17) is 5.11 Å². The molecule has 0 spiro atoms. The number of carboxylic acids is 1. The number of benzene rings is 4. The van der Waals surface area contributed by atoms with E-state index in [0.717, 1.165) is 27.4 Å². The fourth-order valence-corrected chi connectivity index (χ4v) is 4.70. The quantitative estimate of drug-likeness (QED) is 0.263. The molecule has 0 saturated heterocycles. The fourth-order valence-electron chi connectivity index (χ4n) is 4.70. The Kier molecular flexibility index (Phi) is 5.71. The molecule has 0 aliphatic carbocycles. The van der Waals surface area contributed by atoms with Gasteiger partial charge < -0.3 is 20.1 Å². The maximum Gasteiger partial charge on any atom is 0.339 e. The molecule has 6 nitrogen and oxygen atoms in total. The number of carbonyl (C=O) groups is 2. The molecule has 5 rings (SSSR count). The van der Waals surface area contributed by atoms with Crippen molar-refractivity contribution in [3.05, 3.63) is 107 Å². The third-order valence-electron chi connectivity index (χ3n) is 6.38. The number of aromatic nitrogens is 1. The maximum atomic E-state index is 13.8. The number of carbonyl (C=O) groups excluding carboxylic acids is 1. The van der Waals surface area contributed by atoms with Crippen molar-refractivity contribution >= 4 is 39.1 Å². The first-order valence-electron chi connectivity index (χ1n) is 11.4. The van der Waals surface area contributed by atoms with E-state index in [1.807, 2.05) is 73.7 Å². The number of ketones is 1. The van der Waals surface area contributed by atoms with Crippen molar-refractivity contribution in [3.63, 3.8) is 0 Å². The molecule has 4 aromatic carbocycles. The fraction of sp³-hybridized carbons (Fsp3) is 0.103. The van der Waals surface area contributed by atoms with Gasteiger partial charge >= 0.3 is 5.97 Å². The summed E-state index contributed by atoms with van der Waals surface area (Å²) in [6.07, 6.45) is 0. The van der Waals surface area contributed by atoms with E-state index in [1.54, 1.807) is 6.07 Å². The van der Waals surface area contributed by atoms with Gasteiger partial charge in [-0.2, -0.15) is 0 Å². The number of anilines is 1. The number of aromatic hydroxyl groups is 1. The first-order chi connectivity index (χ1) is 17.0. The molecule has 174 valence electrons. The lowest BCUT2D eigenvalue weighted by Gasteiger charge is -2.12. The number of aromatic carboxylic acids is 1. The van der Waals surface area contributed by atoms with E-state index in [-0.39, 0.29) is 17.1 Å². The third kappa shape index (κ3) is 3.99. The number of nitrogens with one attached hydrogen (secondary N) is 1. The van der Waals surface area contributed by atoms with Crippen LogP contribution in [0.1, 0.15) is 32.0 Å². The van der Waals surface area contributed by atoms with Gasteiger partial charge in [-0.05, 0) is 35.9 Å². The smallest absolute Gasteiger partial charge is 0.339 e. The number of fused-ring (bicyclic) bond motifs is 2. The predicted octanol–water partition coefficient (Wildman–Crippen LogP) is 5.85. The second-order valence-corrected chi connectivity index (χ2v) is 8.45. The van der Waals surface area contributed by atoms with Crippen LogP contribution in [0.3, 0.4) is 0 Å². The van der Waals surface area contributed by atoms with E-state index >= 15 is 0 Å². The summed E-state index contributed by atoms with van der Waals surface area (Å²) in [5, 5.41) is 25.1. The Morgan fingerprint density at radius 2 is 1.57 bits per heavy atom. The zero-order chi connectivity index (χ0) is 24.5. The minimum Gasteiger partial charge on any atom is -0.507 e. The van der Waals surface area contributed by atoms with Crippen molar-refractivity contribution in [2.75, 3.05) is 11.9 Å². The Morgan fingerprint density at radius 1 is 0.857 bits per heavy atom. The van der Waals surface area contributed by atoms with Crippen LogP contribution in [0.4, 0.5) is 5.69 Å². The first-order valence-corrected chi connectivity index (χ1v) is 11.4. The van der Waals surface area contributed by atoms with Crippen LogP contribution in [0.15, 0.2) is 84.9 Å². The molecule has 0 saturated carbocycles. The minimum absolute atomic E-state index is 0.00334. The molecule has 0 radical (unpaired) electrons. The summed E-state index contributed by atoms with van der Waals surface area (Å²) in [7, 11) is 0. The van der Waals surface area contributed by atoms with Crippen LogP contribution in [0.2, 0.25) is 0 Å². The van der Waals surface area contributed by atoms with Crippen LogP contribution in [-0.2, 0) is 6.54 Å². The lowest BCUT2D eigenvalue weighted by Crippen LogP contribution is -2.12. The zero-order valence-electron chi connectivity index (χ0n) is 19.2. The molecule has 0 aliphatic heterocycles. The van der Waals surface area contributed by atoms with Gasteiger partial charge in [-0.15, -0.1) is 0 Å². The molecule has 3 N–H and O–H groups in total. The minimum atomic E-state index is -1.17. The lowest BCUT2D eigenvalue weighted by atomic mass is 9.95. The van der Waals surface area contributed by atoms with Crippen molar-refractivity contribution in [1.29, 1.82) is 0 Å². The Balaban J connectivity index is 1.47. The zero-order valence-corrected chi connectivity index (χ0v) is 19.2. The van der Waals surface area contributed by atoms with Crippen LogP contribution in [0, 0.1) is 6.92 Å². The van der Waals surface area contributed by atoms with Gasteiger partial charge in [0.05, 0.1) is 5.56 Å². The van der Waals surface area contributed by atoms with E-state index in [2.05, 4.69) is 9.88 Å². The molecule has 1 aromatic heterocycles. The molecule has 0 unspecified atom stereocenters. The summed E-state index contributed by atoms with van der Waals surface area (Å²) in [5.74, 6) is -1.46. The maximum absolute atomic E-state index is 13.8. The molecule has 35 heavy (non-hydrogen) atoms. The van der Waals surface area contributed by atoms with E-state index < -0.39 is 5.97 Å². The SMILES string of the molecule is Cc1c(C(=O)c2cccc3ccccc23)c2ccccc2n1CCNc1ccc(C(=O)O)c(O)c1. The summed E-state index contributed by atoms with van der Waals surface area (Å²) < 4.78 is 2.12. The number of carboxylic acid groups (broad SMARTS) is 1. The van der Waals surface area contributed by atoms with Crippen molar-refractivity contribution < 1.29 is 19.8 Å². The van der Waals surface area contributed by atoms with Gasteiger partial charge in [-0.3, -0.25) is 4.79 Å². The van der Waals surface area contributed by atoms with Crippen LogP contribution in [0.25, 0.3) is 21.7 Å². The molecule has 0 amide bonds. The summed E-state index contributed by atoms with van der Waals surface area (Å²) >= 11 is 0. The molecule has 5 aromatic rings. The Bertz CT molecular complexity index is 1590. The van der Waals surface area contributed by atoms with Crippen molar-refractivity contribution in [1.82, 2.24) is 4.57 Å². The highest BCUT2D eigenvalue weighted by molar-refractivity contribution is 6.22. The van der Waals surface area contributed by atoms with Crippen molar-refractivity contribution in [2.45, 2.75) is 13.5 Å². The summed E-state index contributed by atoms with van der Waals surface area (Å²) in [6, 6.07) is 26.0. The largest absolute Gasteiger partial charge is 0.507 e. The summed E-state index contributed by atoms with van der Waals surface area (Å²) in [5.41, 5.74) is 3.71. The molecule has 0 aliphatic rings. The Hall–Kier alpha value is -4.58. The monoisotopic (exact) mass is 464 g/mol. The average Bonchev–Trinajstić information content (AvgIpc) is 3.14. The standard InChI is InChI=1S/C29H24N2O4/c1-18-27(28(33)22-11-6-8-19-7-2-3-9-21(19)22)23-10-4-5-12-25(23)31(18)16-15-30-20-13-14-24(29(34)35)26(32)17-20/h2-14,17,30,32H,15-16H2,1H3,(H,34,35). The predicted molar refractivity (Wildman–Crippen MR) is 138 cm³/mol. The summed E-state index contributed by atoms with van der Waals surface area (Å²) in [6.45, 7) is 3.07. The van der Waals surface area contributed by atoms with Crippen LogP contribution in [0.5, 0.6) is 5.75 Å². The molecular weight excluding hydrogens is 440 g/mol. The van der Waals surface area contributed by atoms with Gasteiger partial charge in [0.15, 0.2) is 5.78 Å². The normalized spacial score (nSPS) is 11.1. The first kappa shape index (κ1) is 22.2. The van der Waals surface area contributed by atoms with Crippen molar-refractivity contribution in [2.24, 2.45) is 0 Å². The number of para-hydroxylation sites is 1. The Morgan fingerprint density at radius 3 is 2.34 bits per heavy atom. The van der Waals surface area contributed by atoms with Gasteiger partial charge in [-0.25, -0.2) is 4.79 Å². The number of hydrogen-bond acceptors (Lipinski definition) is 4. The molecule has 0 bridgehead atoms. The highest BCUT2D eigenvalue weighted by atomic mass is 16.4. The van der Waals surface area contributed by atoms with E-state index in [9.17, 15) is 14.7 Å². The van der Waals surface area contributed by atoms with Crippen LogP contribution in [-0.4, -0.2) is 33.1 Å². The highest BCUT2D eigenvalue weighted by Crippen LogP contribution is 2.30.